The lowest BCUT2D eigenvalue weighted by molar-refractivity contribution is -0.119. The standard InChI is InChI=1S/C17H24N2O2S/c1-12-11-15-7-4-5-8-16(15)19(12)17(21)13(2)22-10-6-9-18-14(3)20/h4-5,7-8,12-13H,6,9-11H2,1-3H3,(H,18,20)/t12-,13+/m1/s1. The first-order valence-electron chi connectivity index (χ1n) is 7.77. The Balaban J connectivity index is 1.87. The molecule has 0 aromatic heterocycles. The first kappa shape index (κ1) is 16.9. The summed E-state index contributed by atoms with van der Waals surface area (Å²) in [6.07, 6.45) is 1.82. The molecule has 120 valence electrons. The van der Waals surface area contributed by atoms with Crippen LogP contribution in [0.2, 0.25) is 0 Å². The van der Waals surface area contributed by atoms with Gasteiger partial charge in [0.15, 0.2) is 0 Å². The van der Waals surface area contributed by atoms with Gasteiger partial charge in [-0.15, -0.1) is 11.8 Å². The molecule has 22 heavy (non-hydrogen) atoms. The third-order valence-electron chi connectivity index (χ3n) is 3.86. The van der Waals surface area contributed by atoms with E-state index in [4.69, 9.17) is 0 Å². The highest BCUT2D eigenvalue weighted by Gasteiger charge is 2.32. The SMILES string of the molecule is CC(=O)NCCCS[C@@H](C)C(=O)N1c2ccccc2C[C@H]1C. The normalized spacial score (nSPS) is 18.0. The first-order valence-corrected chi connectivity index (χ1v) is 8.82. The van der Waals surface area contributed by atoms with Crippen molar-refractivity contribution in [1.29, 1.82) is 0 Å². The van der Waals surface area contributed by atoms with Crippen LogP contribution in [0.15, 0.2) is 24.3 Å². The van der Waals surface area contributed by atoms with Gasteiger partial charge in [0.1, 0.15) is 0 Å². The van der Waals surface area contributed by atoms with Crippen molar-refractivity contribution >= 4 is 29.3 Å². The van der Waals surface area contributed by atoms with Gasteiger partial charge in [-0.3, -0.25) is 9.59 Å². The molecule has 1 aromatic carbocycles. The lowest BCUT2D eigenvalue weighted by Crippen LogP contribution is -2.40. The van der Waals surface area contributed by atoms with Crippen molar-refractivity contribution in [2.75, 3.05) is 17.2 Å². The number of benzene rings is 1. The van der Waals surface area contributed by atoms with Crippen LogP contribution in [-0.2, 0) is 16.0 Å². The number of carbonyl (C=O) groups is 2. The fourth-order valence-corrected chi connectivity index (χ4v) is 3.69. The van der Waals surface area contributed by atoms with E-state index in [9.17, 15) is 9.59 Å². The smallest absolute Gasteiger partial charge is 0.240 e. The largest absolute Gasteiger partial charge is 0.356 e. The predicted molar refractivity (Wildman–Crippen MR) is 92.3 cm³/mol. The molecule has 0 bridgehead atoms. The van der Waals surface area contributed by atoms with Gasteiger partial charge in [-0.25, -0.2) is 0 Å². The van der Waals surface area contributed by atoms with E-state index in [0.29, 0.717) is 6.54 Å². The van der Waals surface area contributed by atoms with E-state index in [0.717, 1.165) is 24.3 Å². The van der Waals surface area contributed by atoms with E-state index < -0.39 is 0 Å². The van der Waals surface area contributed by atoms with Gasteiger partial charge in [-0.1, -0.05) is 18.2 Å². The molecule has 0 saturated heterocycles. The van der Waals surface area contributed by atoms with E-state index in [1.54, 1.807) is 11.8 Å². The first-order chi connectivity index (χ1) is 10.5. The number of rotatable bonds is 6. The molecule has 2 atom stereocenters. The van der Waals surface area contributed by atoms with Crippen LogP contribution >= 0.6 is 11.8 Å². The molecule has 0 fully saturated rings. The van der Waals surface area contributed by atoms with E-state index in [2.05, 4.69) is 18.3 Å². The van der Waals surface area contributed by atoms with Gasteiger partial charge in [0.05, 0.1) is 5.25 Å². The summed E-state index contributed by atoms with van der Waals surface area (Å²) in [5.74, 6) is 1.05. The highest BCUT2D eigenvalue weighted by atomic mass is 32.2. The van der Waals surface area contributed by atoms with Crippen molar-refractivity contribution < 1.29 is 9.59 Å². The topological polar surface area (TPSA) is 49.4 Å². The minimum Gasteiger partial charge on any atom is -0.356 e. The summed E-state index contributed by atoms with van der Waals surface area (Å²) in [5.41, 5.74) is 2.32. The van der Waals surface area contributed by atoms with Crippen LogP contribution in [0.25, 0.3) is 0 Å². The summed E-state index contributed by atoms with van der Waals surface area (Å²) >= 11 is 1.66. The minimum atomic E-state index is -0.0639. The van der Waals surface area contributed by atoms with E-state index in [1.165, 1.54) is 12.5 Å². The van der Waals surface area contributed by atoms with Crippen LogP contribution in [0.5, 0.6) is 0 Å². The molecule has 0 spiro atoms. The Morgan fingerprint density at radius 3 is 2.86 bits per heavy atom. The summed E-state index contributed by atoms with van der Waals surface area (Å²) in [4.78, 5) is 25.5. The molecule has 0 radical (unpaired) electrons. The van der Waals surface area contributed by atoms with Crippen molar-refractivity contribution in [3.63, 3.8) is 0 Å². The molecular weight excluding hydrogens is 296 g/mol. The Bertz CT molecular complexity index is 547. The highest BCUT2D eigenvalue weighted by Crippen LogP contribution is 2.33. The fourth-order valence-electron chi connectivity index (χ4n) is 2.77. The van der Waals surface area contributed by atoms with Crippen molar-refractivity contribution in [3.8, 4) is 0 Å². The molecule has 1 aliphatic heterocycles. The third-order valence-corrected chi connectivity index (χ3v) is 5.08. The minimum absolute atomic E-state index is 0.00313. The van der Waals surface area contributed by atoms with Gasteiger partial charge in [0.2, 0.25) is 11.8 Å². The Hall–Kier alpha value is -1.49. The number of nitrogens with one attached hydrogen (secondary N) is 1. The number of amides is 2. The van der Waals surface area contributed by atoms with Crippen molar-refractivity contribution in [2.24, 2.45) is 0 Å². The maximum absolute atomic E-state index is 12.7. The number of para-hydroxylation sites is 1. The van der Waals surface area contributed by atoms with Crippen LogP contribution in [0, 0.1) is 0 Å². The predicted octanol–water partition coefficient (Wildman–Crippen LogP) is 2.61. The van der Waals surface area contributed by atoms with E-state index in [-0.39, 0.29) is 23.1 Å². The van der Waals surface area contributed by atoms with Gasteiger partial charge in [0.25, 0.3) is 0 Å². The molecule has 2 rings (SSSR count). The highest BCUT2D eigenvalue weighted by molar-refractivity contribution is 8.00. The lowest BCUT2D eigenvalue weighted by atomic mass is 10.1. The van der Waals surface area contributed by atoms with Crippen LogP contribution in [0.1, 0.15) is 32.8 Å². The molecule has 2 amide bonds. The van der Waals surface area contributed by atoms with Gasteiger partial charge >= 0.3 is 0 Å². The quantitative estimate of drug-likeness (QED) is 0.820. The average Bonchev–Trinajstić information content (AvgIpc) is 2.81. The number of hydrogen-bond acceptors (Lipinski definition) is 3. The summed E-state index contributed by atoms with van der Waals surface area (Å²) in [7, 11) is 0. The Kier molecular flexibility index (Phi) is 5.89. The number of carbonyl (C=O) groups excluding carboxylic acids is 2. The van der Waals surface area contributed by atoms with Gasteiger partial charge < -0.3 is 10.2 Å². The van der Waals surface area contributed by atoms with E-state index >= 15 is 0 Å². The molecule has 1 aliphatic rings. The molecule has 1 aromatic rings. The Labute approximate surface area is 136 Å². The Morgan fingerprint density at radius 1 is 1.41 bits per heavy atom. The number of fused-ring (bicyclic) bond motifs is 1. The molecule has 0 aliphatic carbocycles. The zero-order valence-electron chi connectivity index (χ0n) is 13.5. The van der Waals surface area contributed by atoms with Crippen LogP contribution in [-0.4, -0.2) is 35.4 Å². The van der Waals surface area contributed by atoms with Crippen LogP contribution in [0.4, 0.5) is 5.69 Å². The zero-order valence-corrected chi connectivity index (χ0v) is 14.3. The van der Waals surface area contributed by atoms with E-state index in [1.807, 2.05) is 30.0 Å². The molecule has 4 nitrogen and oxygen atoms in total. The number of thioether (sulfide) groups is 1. The van der Waals surface area contributed by atoms with Crippen molar-refractivity contribution in [1.82, 2.24) is 5.32 Å². The van der Waals surface area contributed by atoms with Gasteiger partial charge in [0, 0.05) is 25.2 Å². The maximum atomic E-state index is 12.7. The molecular formula is C17H24N2O2S. The lowest BCUT2D eigenvalue weighted by Gasteiger charge is -2.25. The van der Waals surface area contributed by atoms with Crippen molar-refractivity contribution in [2.45, 2.75) is 44.9 Å². The molecule has 0 saturated carbocycles. The summed E-state index contributed by atoms with van der Waals surface area (Å²) in [6, 6.07) is 8.38. The summed E-state index contributed by atoms with van der Waals surface area (Å²) in [5, 5.41) is 2.71. The summed E-state index contributed by atoms with van der Waals surface area (Å²) < 4.78 is 0. The Morgan fingerprint density at radius 2 is 2.14 bits per heavy atom. The number of nitrogens with zero attached hydrogens (tertiary/aromatic N) is 1. The average molecular weight is 320 g/mol. The third kappa shape index (κ3) is 4.03. The van der Waals surface area contributed by atoms with Crippen LogP contribution in [0.3, 0.4) is 0 Å². The van der Waals surface area contributed by atoms with Crippen LogP contribution < -0.4 is 10.2 Å². The van der Waals surface area contributed by atoms with Gasteiger partial charge in [-0.05, 0) is 44.1 Å². The maximum Gasteiger partial charge on any atom is 0.240 e. The van der Waals surface area contributed by atoms with Gasteiger partial charge in [-0.2, -0.15) is 0 Å². The second-order valence-electron chi connectivity index (χ2n) is 5.74. The number of hydrogen-bond donors (Lipinski definition) is 1. The fraction of sp³-hybridized carbons (Fsp3) is 0.529. The second kappa shape index (κ2) is 7.68. The van der Waals surface area contributed by atoms with Crippen molar-refractivity contribution in [3.05, 3.63) is 29.8 Å². The second-order valence-corrected chi connectivity index (χ2v) is 7.19. The molecule has 1 N–H and O–H groups in total. The summed E-state index contributed by atoms with van der Waals surface area (Å²) in [6.45, 7) is 6.27. The monoisotopic (exact) mass is 320 g/mol. The molecule has 5 heteroatoms. The zero-order chi connectivity index (χ0) is 16.1. The molecule has 0 unspecified atom stereocenters. The number of anilines is 1. The molecule has 1 heterocycles.